The fourth-order valence-electron chi connectivity index (χ4n) is 3.02. The molecule has 6 nitrogen and oxygen atoms in total. The number of nitrogens with zero attached hydrogens (tertiary/aromatic N) is 2. The van der Waals surface area contributed by atoms with E-state index in [9.17, 15) is 9.59 Å². The second-order valence-corrected chi connectivity index (χ2v) is 7.54. The van der Waals surface area contributed by atoms with Crippen molar-refractivity contribution in [1.82, 2.24) is 14.9 Å². The molecule has 1 atom stereocenters. The maximum atomic E-state index is 12.8. The summed E-state index contributed by atoms with van der Waals surface area (Å²) in [7, 11) is 0. The largest absolute Gasteiger partial charge is 0.381 e. The van der Waals surface area contributed by atoms with Crippen LogP contribution in [0.1, 0.15) is 62.4 Å². The highest BCUT2D eigenvalue weighted by Crippen LogP contribution is 2.20. The van der Waals surface area contributed by atoms with Gasteiger partial charge in [0, 0.05) is 25.1 Å². The van der Waals surface area contributed by atoms with Gasteiger partial charge in [0.05, 0.1) is 12.3 Å². The zero-order valence-electron chi connectivity index (χ0n) is 15.4. The highest BCUT2D eigenvalue weighted by Gasteiger charge is 2.29. The second kappa shape index (κ2) is 7.47. The number of ether oxygens (including phenoxy) is 1. The summed E-state index contributed by atoms with van der Waals surface area (Å²) in [4.78, 5) is 34.3. The summed E-state index contributed by atoms with van der Waals surface area (Å²) in [5.41, 5.74) is 0.0594. The van der Waals surface area contributed by atoms with E-state index in [1.807, 2.05) is 27.7 Å². The van der Waals surface area contributed by atoms with E-state index in [-0.39, 0.29) is 22.4 Å². The molecule has 1 aliphatic rings. The van der Waals surface area contributed by atoms with Crippen LogP contribution < -0.4 is 5.56 Å². The average molecular weight is 335 g/mol. The molecule has 1 amide bonds. The van der Waals surface area contributed by atoms with E-state index in [0.717, 1.165) is 12.8 Å². The summed E-state index contributed by atoms with van der Waals surface area (Å²) in [6.07, 6.45) is 1.99. The maximum absolute atomic E-state index is 12.8. The summed E-state index contributed by atoms with van der Waals surface area (Å²) >= 11 is 0. The molecule has 2 heterocycles. The Labute approximate surface area is 143 Å². The van der Waals surface area contributed by atoms with Crippen molar-refractivity contribution in [3.05, 3.63) is 27.4 Å². The third-order valence-corrected chi connectivity index (χ3v) is 4.39. The molecule has 0 radical (unpaired) electrons. The van der Waals surface area contributed by atoms with Gasteiger partial charge in [-0.3, -0.25) is 9.59 Å². The molecule has 1 fully saturated rings. The van der Waals surface area contributed by atoms with Gasteiger partial charge in [0.1, 0.15) is 11.4 Å². The normalized spacial score (nSPS) is 18.7. The van der Waals surface area contributed by atoms with Crippen LogP contribution in [0.15, 0.2) is 4.79 Å². The molecule has 1 saturated heterocycles. The van der Waals surface area contributed by atoms with E-state index in [2.05, 4.69) is 9.97 Å². The minimum atomic E-state index is -0.343. The molecular weight excluding hydrogens is 306 g/mol. The molecule has 1 N–H and O–H groups in total. The number of aromatic amines is 1. The molecule has 0 bridgehead atoms. The molecule has 0 spiro atoms. The molecule has 1 aromatic heterocycles. The van der Waals surface area contributed by atoms with Crippen molar-refractivity contribution in [2.75, 3.05) is 26.3 Å². The summed E-state index contributed by atoms with van der Waals surface area (Å²) in [6, 6.07) is 0. The number of amides is 1. The van der Waals surface area contributed by atoms with Crippen molar-refractivity contribution in [1.29, 1.82) is 0 Å². The van der Waals surface area contributed by atoms with Crippen LogP contribution in [0.25, 0.3) is 0 Å². The Hall–Kier alpha value is -1.69. The van der Waals surface area contributed by atoms with E-state index in [1.54, 1.807) is 11.8 Å². The van der Waals surface area contributed by atoms with Crippen LogP contribution in [0, 0.1) is 12.8 Å². The number of aryl methyl sites for hydroxylation is 1. The lowest BCUT2D eigenvalue weighted by atomic mass is 9.95. The molecule has 2 rings (SSSR count). The molecule has 0 aromatic carbocycles. The molecule has 134 valence electrons. The van der Waals surface area contributed by atoms with Crippen LogP contribution >= 0.6 is 0 Å². The quantitative estimate of drug-likeness (QED) is 0.916. The van der Waals surface area contributed by atoms with E-state index >= 15 is 0 Å². The van der Waals surface area contributed by atoms with Crippen molar-refractivity contribution in [2.24, 2.45) is 5.92 Å². The first-order valence-electron chi connectivity index (χ1n) is 8.72. The topological polar surface area (TPSA) is 75.3 Å². The first kappa shape index (κ1) is 18.6. The zero-order chi connectivity index (χ0) is 17.9. The first-order valence-corrected chi connectivity index (χ1v) is 8.72. The van der Waals surface area contributed by atoms with Crippen LogP contribution in [-0.4, -0.2) is 47.1 Å². The molecule has 0 saturated carbocycles. The first-order chi connectivity index (χ1) is 11.2. The van der Waals surface area contributed by atoms with Gasteiger partial charge in [-0.1, -0.05) is 20.8 Å². The van der Waals surface area contributed by atoms with Crippen molar-refractivity contribution < 1.29 is 9.53 Å². The average Bonchev–Trinajstić information content (AvgIpc) is 2.51. The summed E-state index contributed by atoms with van der Waals surface area (Å²) < 4.78 is 5.49. The molecular formula is C18H29N3O3. The summed E-state index contributed by atoms with van der Waals surface area (Å²) in [6.45, 7) is 12.3. The Bertz CT molecular complexity index is 646. The van der Waals surface area contributed by atoms with Crippen LogP contribution in [0.5, 0.6) is 0 Å². The SMILES string of the molecule is CCOC[C@@H]1CCCN(C(=O)c2c(C)nc(C(C)(C)C)[nH]c2=O)C1. The van der Waals surface area contributed by atoms with E-state index < -0.39 is 0 Å². The molecule has 0 aliphatic carbocycles. The lowest BCUT2D eigenvalue weighted by Gasteiger charge is -2.32. The molecule has 1 aliphatic heterocycles. The van der Waals surface area contributed by atoms with Gasteiger partial charge in [-0.15, -0.1) is 0 Å². The van der Waals surface area contributed by atoms with Crippen molar-refractivity contribution >= 4 is 5.91 Å². The Kier molecular flexibility index (Phi) is 5.80. The number of nitrogens with one attached hydrogen (secondary N) is 1. The van der Waals surface area contributed by atoms with E-state index in [0.29, 0.717) is 43.7 Å². The maximum Gasteiger partial charge on any atom is 0.264 e. The number of likely N-dealkylation sites (tertiary alicyclic amines) is 1. The van der Waals surface area contributed by atoms with Crippen molar-refractivity contribution in [2.45, 2.75) is 52.9 Å². The Morgan fingerprint density at radius 2 is 2.12 bits per heavy atom. The Morgan fingerprint density at radius 3 is 2.71 bits per heavy atom. The second-order valence-electron chi connectivity index (χ2n) is 7.54. The number of hydrogen-bond acceptors (Lipinski definition) is 4. The van der Waals surface area contributed by atoms with Gasteiger partial charge in [0.25, 0.3) is 11.5 Å². The number of aromatic nitrogens is 2. The predicted molar refractivity (Wildman–Crippen MR) is 93.4 cm³/mol. The summed E-state index contributed by atoms with van der Waals surface area (Å²) in [5.74, 6) is 0.723. The van der Waals surface area contributed by atoms with Gasteiger partial charge in [0.2, 0.25) is 0 Å². The number of piperidine rings is 1. The number of carbonyl (C=O) groups excluding carboxylic acids is 1. The van der Waals surface area contributed by atoms with E-state index in [1.165, 1.54) is 0 Å². The van der Waals surface area contributed by atoms with Crippen molar-refractivity contribution in [3.63, 3.8) is 0 Å². The van der Waals surface area contributed by atoms with Crippen LogP contribution in [0.4, 0.5) is 0 Å². The van der Waals surface area contributed by atoms with Gasteiger partial charge in [-0.25, -0.2) is 4.98 Å². The fourth-order valence-corrected chi connectivity index (χ4v) is 3.02. The standard InChI is InChI=1S/C18H29N3O3/c1-6-24-11-13-8-7-9-21(10-13)16(23)14-12(2)19-17(18(3,4)5)20-15(14)22/h13H,6-11H2,1-5H3,(H,19,20,22)/t13-/m1/s1. The van der Waals surface area contributed by atoms with Crippen LogP contribution in [-0.2, 0) is 10.2 Å². The Morgan fingerprint density at radius 1 is 1.42 bits per heavy atom. The number of hydrogen-bond donors (Lipinski definition) is 1. The van der Waals surface area contributed by atoms with Gasteiger partial charge in [-0.05, 0) is 32.6 Å². The zero-order valence-corrected chi connectivity index (χ0v) is 15.4. The lowest BCUT2D eigenvalue weighted by molar-refractivity contribution is 0.0498. The van der Waals surface area contributed by atoms with Crippen molar-refractivity contribution in [3.8, 4) is 0 Å². The number of H-pyrrole nitrogens is 1. The predicted octanol–water partition coefficient (Wildman–Crippen LogP) is 2.26. The van der Waals surface area contributed by atoms with Gasteiger partial charge in [-0.2, -0.15) is 0 Å². The smallest absolute Gasteiger partial charge is 0.264 e. The minimum absolute atomic E-state index is 0.167. The third-order valence-electron chi connectivity index (χ3n) is 4.39. The van der Waals surface area contributed by atoms with Crippen LogP contribution in [0.3, 0.4) is 0 Å². The highest BCUT2D eigenvalue weighted by atomic mass is 16.5. The molecule has 6 heteroatoms. The lowest BCUT2D eigenvalue weighted by Crippen LogP contribution is -2.43. The molecule has 24 heavy (non-hydrogen) atoms. The van der Waals surface area contributed by atoms with Gasteiger partial charge in [0.15, 0.2) is 0 Å². The molecule has 0 unspecified atom stereocenters. The minimum Gasteiger partial charge on any atom is -0.381 e. The fraction of sp³-hybridized carbons (Fsp3) is 0.722. The van der Waals surface area contributed by atoms with E-state index in [4.69, 9.17) is 4.74 Å². The van der Waals surface area contributed by atoms with Gasteiger partial charge >= 0.3 is 0 Å². The Balaban J connectivity index is 2.22. The van der Waals surface area contributed by atoms with Crippen LogP contribution in [0.2, 0.25) is 0 Å². The third kappa shape index (κ3) is 4.23. The number of rotatable bonds is 4. The molecule has 1 aromatic rings. The van der Waals surface area contributed by atoms with Gasteiger partial charge < -0.3 is 14.6 Å². The summed E-state index contributed by atoms with van der Waals surface area (Å²) in [5, 5.41) is 0. The number of carbonyl (C=O) groups is 1. The highest BCUT2D eigenvalue weighted by molar-refractivity contribution is 5.94. The monoisotopic (exact) mass is 335 g/mol.